The third-order valence-electron chi connectivity index (χ3n) is 6.10. The minimum Gasteiger partial charge on any atom is -0.494 e. The fourth-order valence-electron chi connectivity index (χ4n) is 4.11. The number of nitrogens with two attached hydrogens (primary N) is 4. The van der Waals surface area contributed by atoms with Crippen molar-refractivity contribution in [2.75, 3.05) is 81.6 Å². The minimum atomic E-state index is -0.585. The standard InChI is InChI=1S/C26H38N8O4/c1-37-21-15-17(25(29)35)13-19(27)23(21)32-5-2-3-6-33-24-20(28)14-18(26(30)36)16-22(24)38-12-4-9-34-10-7-31-8-11-34/h2-3,13-16,31-33H,4-12,27-28H2,1H3,(H2,29,35)(H2,30,36)/b3-2+. The maximum atomic E-state index is 11.7. The number of methoxy groups -OCH3 is 1. The van der Waals surface area contributed by atoms with Gasteiger partial charge in [0.15, 0.2) is 0 Å². The lowest BCUT2D eigenvalue weighted by molar-refractivity contribution is 0.0991. The van der Waals surface area contributed by atoms with Crippen LogP contribution in [0.15, 0.2) is 36.4 Å². The van der Waals surface area contributed by atoms with Gasteiger partial charge in [0.2, 0.25) is 11.8 Å². The number of rotatable bonds is 14. The Kier molecular flexibility index (Phi) is 10.4. The number of nitrogen functional groups attached to an aromatic ring is 2. The molecule has 11 N–H and O–H groups in total. The molecule has 2 aromatic rings. The number of hydrogen-bond acceptors (Lipinski definition) is 10. The van der Waals surface area contributed by atoms with E-state index < -0.39 is 11.8 Å². The van der Waals surface area contributed by atoms with Crippen LogP contribution in [0.1, 0.15) is 27.1 Å². The Morgan fingerprint density at radius 1 is 0.921 bits per heavy atom. The number of amides is 2. The van der Waals surface area contributed by atoms with Crippen molar-refractivity contribution in [2.45, 2.75) is 6.42 Å². The predicted molar refractivity (Wildman–Crippen MR) is 151 cm³/mol. The van der Waals surface area contributed by atoms with E-state index in [0.29, 0.717) is 59.5 Å². The average Bonchev–Trinajstić information content (AvgIpc) is 2.90. The summed E-state index contributed by atoms with van der Waals surface area (Å²) in [6, 6.07) is 6.19. The van der Waals surface area contributed by atoms with Gasteiger partial charge in [-0.25, -0.2) is 0 Å². The molecule has 1 aliphatic rings. The Bertz CT molecular complexity index is 1150. The molecule has 12 heteroatoms. The molecule has 12 nitrogen and oxygen atoms in total. The summed E-state index contributed by atoms with van der Waals surface area (Å²) < 4.78 is 11.3. The Morgan fingerprint density at radius 3 is 1.97 bits per heavy atom. The Hall–Kier alpha value is -4.16. The van der Waals surface area contributed by atoms with Crippen LogP contribution in [0.3, 0.4) is 0 Å². The fourth-order valence-corrected chi connectivity index (χ4v) is 4.11. The largest absolute Gasteiger partial charge is 0.494 e. The number of anilines is 4. The monoisotopic (exact) mass is 526 g/mol. The molecule has 2 amide bonds. The third kappa shape index (κ3) is 7.92. The van der Waals surface area contributed by atoms with Gasteiger partial charge in [0, 0.05) is 56.9 Å². The topological polar surface area (TPSA) is 196 Å². The van der Waals surface area contributed by atoms with E-state index in [1.54, 1.807) is 6.07 Å². The van der Waals surface area contributed by atoms with Crippen LogP contribution in [0.4, 0.5) is 22.7 Å². The summed E-state index contributed by atoms with van der Waals surface area (Å²) in [5, 5.41) is 9.77. The summed E-state index contributed by atoms with van der Waals surface area (Å²) in [6.45, 7) is 6.36. The first kappa shape index (κ1) is 28.4. The molecule has 0 saturated carbocycles. The molecular formula is C26H38N8O4. The second-order valence-electron chi connectivity index (χ2n) is 8.84. The summed E-state index contributed by atoms with van der Waals surface area (Å²) in [4.78, 5) is 25.6. The Labute approximate surface area is 222 Å². The van der Waals surface area contributed by atoms with Crippen molar-refractivity contribution in [3.05, 3.63) is 47.5 Å². The molecule has 0 aromatic heterocycles. The third-order valence-corrected chi connectivity index (χ3v) is 6.10. The molecule has 0 bridgehead atoms. The molecule has 0 aliphatic carbocycles. The van der Waals surface area contributed by atoms with Gasteiger partial charge >= 0.3 is 0 Å². The molecule has 0 atom stereocenters. The van der Waals surface area contributed by atoms with Gasteiger partial charge in [-0.05, 0) is 30.7 Å². The van der Waals surface area contributed by atoms with E-state index in [4.69, 9.17) is 32.4 Å². The van der Waals surface area contributed by atoms with Crippen LogP contribution in [0, 0.1) is 0 Å². The summed E-state index contributed by atoms with van der Waals surface area (Å²) in [5.74, 6) is -0.249. The van der Waals surface area contributed by atoms with E-state index >= 15 is 0 Å². The first-order valence-corrected chi connectivity index (χ1v) is 12.5. The summed E-state index contributed by atoms with van der Waals surface area (Å²) in [7, 11) is 1.49. The number of primary amides is 2. The van der Waals surface area contributed by atoms with Gasteiger partial charge in [0.05, 0.1) is 25.1 Å². The molecule has 38 heavy (non-hydrogen) atoms. The van der Waals surface area contributed by atoms with E-state index in [0.717, 1.165) is 39.1 Å². The van der Waals surface area contributed by atoms with Gasteiger partial charge in [-0.2, -0.15) is 0 Å². The highest BCUT2D eigenvalue weighted by Gasteiger charge is 2.14. The van der Waals surface area contributed by atoms with Crippen LogP contribution in [0.25, 0.3) is 0 Å². The number of nitrogens with one attached hydrogen (secondary N) is 3. The molecular weight excluding hydrogens is 488 g/mol. The van der Waals surface area contributed by atoms with Gasteiger partial charge in [-0.1, -0.05) is 12.2 Å². The van der Waals surface area contributed by atoms with Crippen LogP contribution in [-0.4, -0.2) is 76.2 Å². The van der Waals surface area contributed by atoms with E-state index in [9.17, 15) is 9.59 Å². The van der Waals surface area contributed by atoms with Crippen molar-refractivity contribution < 1.29 is 19.1 Å². The van der Waals surface area contributed by atoms with Crippen LogP contribution in [-0.2, 0) is 0 Å². The lowest BCUT2D eigenvalue weighted by Gasteiger charge is -2.27. The lowest BCUT2D eigenvalue weighted by atomic mass is 10.1. The molecule has 0 unspecified atom stereocenters. The van der Waals surface area contributed by atoms with Crippen molar-refractivity contribution in [2.24, 2.45) is 11.5 Å². The first-order chi connectivity index (χ1) is 18.3. The summed E-state index contributed by atoms with van der Waals surface area (Å²) >= 11 is 0. The van der Waals surface area contributed by atoms with Crippen LogP contribution in [0.2, 0.25) is 0 Å². The molecule has 2 aromatic carbocycles. The molecule has 1 saturated heterocycles. The normalized spacial score (nSPS) is 13.8. The van der Waals surface area contributed by atoms with Crippen molar-refractivity contribution in [1.29, 1.82) is 0 Å². The summed E-state index contributed by atoms with van der Waals surface area (Å²) in [5.41, 5.74) is 25.5. The zero-order valence-corrected chi connectivity index (χ0v) is 21.7. The number of benzene rings is 2. The molecule has 206 valence electrons. The van der Waals surface area contributed by atoms with Crippen LogP contribution < -0.4 is 48.4 Å². The second kappa shape index (κ2) is 14.0. The van der Waals surface area contributed by atoms with Crippen molar-refractivity contribution in [3.8, 4) is 11.5 Å². The van der Waals surface area contributed by atoms with Gasteiger partial charge < -0.3 is 53.3 Å². The quantitative estimate of drug-likeness (QED) is 0.105. The fraction of sp³-hybridized carbons (Fsp3) is 0.385. The lowest BCUT2D eigenvalue weighted by Crippen LogP contribution is -2.43. The number of hydrogen-bond donors (Lipinski definition) is 7. The van der Waals surface area contributed by atoms with Crippen LogP contribution >= 0.6 is 0 Å². The number of nitrogens with zero attached hydrogens (tertiary/aromatic N) is 1. The zero-order valence-electron chi connectivity index (χ0n) is 21.7. The maximum absolute atomic E-state index is 11.7. The van der Waals surface area contributed by atoms with Crippen molar-refractivity contribution >= 4 is 34.6 Å². The minimum absolute atomic E-state index is 0.270. The van der Waals surface area contributed by atoms with E-state index in [1.807, 2.05) is 12.2 Å². The Morgan fingerprint density at radius 2 is 1.45 bits per heavy atom. The summed E-state index contributed by atoms with van der Waals surface area (Å²) in [6.07, 6.45) is 4.65. The molecule has 1 heterocycles. The number of piperazine rings is 1. The molecule has 0 spiro atoms. The predicted octanol–water partition coefficient (Wildman–Crippen LogP) is 0.812. The Balaban J connectivity index is 1.56. The van der Waals surface area contributed by atoms with Crippen molar-refractivity contribution in [3.63, 3.8) is 0 Å². The number of carbonyl (C=O) groups is 2. The molecule has 3 rings (SSSR count). The van der Waals surface area contributed by atoms with Gasteiger partial charge in [-0.15, -0.1) is 0 Å². The first-order valence-electron chi connectivity index (χ1n) is 12.5. The van der Waals surface area contributed by atoms with E-state index in [2.05, 4.69) is 20.9 Å². The van der Waals surface area contributed by atoms with Crippen molar-refractivity contribution in [1.82, 2.24) is 10.2 Å². The maximum Gasteiger partial charge on any atom is 0.248 e. The van der Waals surface area contributed by atoms with E-state index in [-0.39, 0.29) is 5.56 Å². The average molecular weight is 527 g/mol. The number of ether oxygens (including phenoxy) is 2. The zero-order chi connectivity index (χ0) is 27.5. The van der Waals surface area contributed by atoms with Gasteiger partial charge in [0.1, 0.15) is 22.9 Å². The highest BCUT2D eigenvalue weighted by atomic mass is 16.5. The number of carbonyl (C=O) groups excluding carboxylic acids is 2. The van der Waals surface area contributed by atoms with E-state index in [1.165, 1.54) is 25.3 Å². The molecule has 1 aliphatic heterocycles. The molecule has 1 fully saturated rings. The van der Waals surface area contributed by atoms with Crippen LogP contribution in [0.5, 0.6) is 11.5 Å². The SMILES string of the molecule is COc1cc(C(N)=O)cc(N)c1NC/C=C/CNc1c(N)cc(C(N)=O)cc1OCCCN1CCNCC1. The molecule has 0 radical (unpaired) electrons. The van der Waals surface area contributed by atoms with Gasteiger partial charge in [0.25, 0.3) is 0 Å². The highest BCUT2D eigenvalue weighted by Crippen LogP contribution is 2.33. The second-order valence-corrected chi connectivity index (χ2v) is 8.84. The highest BCUT2D eigenvalue weighted by molar-refractivity contribution is 5.97. The van der Waals surface area contributed by atoms with Gasteiger partial charge in [-0.3, -0.25) is 9.59 Å². The smallest absolute Gasteiger partial charge is 0.248 e.